The van der Waals surface area contributed by atoms with Crippen molar-refractivity contribution >= 4 is 11.6 Å². The number of halogens is 1. The molecule has 0 aliphatic heterocycles. The summed E-state index contributed by atoms with van der Waals surface area (Å²) in [7, 11) is 0. The van der Waals surface area contributed by atoms with Gasteiger partial charge in [-0.3, -0.25) is 0 Å². The van der Waals surface area contributed by atoms with Gasteiger partial charge >= 0.3 is 0 Å². The standard InChI is InChI=1S/C13H20ClNO/c1-2-4-13(15-9-3-10-16)11-5-7-12(14)8-6-11/h5-8,13,15-16H,2-4,9-10H2,1H3. The van der Waals surface area contributed by atoms with Crippen LogP contribution in [-0.4, -0.2) is 18.3 Å². The quantitative estimate of drug-likeness (QED) is 0.719. The highest BCUT2D eigenvalue weighted by Gasteiger charge is 2.08. The molecule has 0 heterocycles. The molecule has 0 aromatic heterocycles. The minimum Gasteiger partial charge on any atom is -0.396 e. The molecule has 2 nitrogen and oxygen atoms in total. The van der Waals surface area contributed by atoms with Crippen LogP contribution in [0.3, 0.4) is 0 Å². The first-order valence-electron chi connectivity index (χ1n) is 5.87. The van der Waals surface area contributed by atoms with Gasteiger partial charge in [0.05, 0.1) is 0 Å². The van der Waals surface area contributed by atoms with Gasteiger partial charge in [-0.25, -0.2) is 0 Å². The fraction of sp³-hybridized carbons (Fsp3) is 0.538. The fourth-order valence-corrected chi connectivity index (χ4v) is 1.85. The molecule has 0 radical (unpaired) electrons. The molecule has 3 heteroatoms. The van der Waals surface area contributed by atoms with Gasteiger partial charge < -0.3 is 10.4 Å². The van der Waals surface area contributed by atoms with Crippen LogP contribution in [0.1, 0.15) is 37.8 Å². The normalized spacial score (nSPS) is 12.7. The Labute approximate surface area is 103 Å². The second kappa shape index (κ2) is 7.66. The number of aliphatic hydroxyl groups is 1. The average Bonchev–Trinajstić information content (AvgIpc) is 2.29. The predicted octanol–water partition coefficient (Wildman–Crippen LogP) is 3.15. The maximum Gasteiger partial charge on any atom is 0.0443 e. The summed E-state index contributed by atoms with van der Waals surface area (Å²) < 4.78 is 0. The second-order valence-electron chi connectivity index (χ2n) is 3.92. The summed E-state index contributed by atoms with van der Waals surface area (Å²) in [5.74, 6) is 0. The summed E-state index contributed by atoms with van der Waals surface area (Å²) in [6, 6.07) is 8.35. The van der Waals surface area contributed by atoms with Gasteiger partial charge in [0.1, 0.15) is 0 Å². The molecule has 0 aliphatic rings. The number of hydrogen-bond acceptors (Lipinski definition) is 2. The highest BCUT2D eigenvalue weighted by Crippen LogP contribution is 2.20. The third-order valence-electron chi connectivity index (χ3n) is 2.58. The van der Waals surface area contributed by atoms with Crippen LogP contribution in [0, 0.1) is 0 Å². The van der Waals surface area contributed by atoms with E-state index in [1.54, 1.807) is 0 Å². The first-order valence-corrected chi connectivity index (χ1v) is 6.25. The minimum atomic E-state index is 0.243. The molecular formula is C13H20ClNO. The number of rotatable bonds is 7. The second-order valence-corrected chi connectivity index (χ2v) is 4.36. The van der Waals surface area contributed by atoms with E-state index >= 15 is 0 Å². The van der Waals surface area contributed by atoms with E-state index in [2.05, 4.69) is 24.4 Å². The van der Waals surface area contributed by atoms with Crippen LogP contribution in [0.15, 0.2) is 24.3 Å². The van der Waals surface area contributed by atoms with Crippen molar-refractivity contribution < 1.29 is 5.11 Å². The van der Waals surface area contributed by atoms with Gasteiger partial charge in [-0.1, -0.05) is 37.1 Å². The maximum absolute atomic E-state index is 8.76. The molecule has 1 aromatic rings. The van der Waals surface area contributed by atoms with Crippen LogP contribution in [0.25, 0.3) is 0 Å². The van der Waals surface area contributed by atoms with E-state index < -0.39 is 0 Å². The van der Waals surface area contributed by atoms with Crippen molar-refractivity contribution in [3.63, 3.8) is 0 Å². The summed E-state index contributed by atoms with van der Waals surface area (Å²) in [5.41, 5.74) is 1.27. The van der Waals surface area contributed by atoms with E-state index in [9.17, 15) is 0 Å². The average molecular weight is 242 g/mol. The molecular weight excluding hydrogens is 222 g/mol. The Kier molecular flexibility index (Phi) is 6.46. The molecule has 1 unspecified atom stereocenters. The Morgan fingerprint density at radius 1 is 1.31 bits per heavy atom. The van der Waals surface area contributed by atoms with Gasteiger partial charge in [-0.15, -0.1) is 0 Å². The van der Waals surface area contributed by atoms with Crippen LogP contribution in [0.4, 0.5) is 0 Å². The number of hydrogen-bond donors (Lipinski definition) is 2. The summed E-state index contributed by atoms with van der Waals surface area (Å²) >= 11 is 5.87. The SMILES string of the molecule is CCCC(NCCCO)c1ccc(Cl)cc1. The predicted molar refractivity (Wildman–Crippen MR) is 68.8 cm³/mol. The molecule has 16 heavy (non-hydrogen) atoms. The van der Waals surface area contributed by atoms with E-state index in [-0.39, 0.29) is 6.61 Å². The number of aliphatic hydroxyl groups excluding tert-OH is 1. The summed E-state index contributed by atoms with van der Waals surface area (Å²) in [5, 5.41) is 13.0. The molecule has 0 fully saturated rings. The van der Waals surface area contributed by atoms with Gasteiger partial charge in [0, 0.05) is 17.7 Å². The van der Waals surface area contributed by atoms with Crippen LogP contribution in [0.5, 0.6) is 0 Å². The number of nitrogens with one attached hydrogen (secondary N) is 1. The molecule has 0 aliphatic carbocycles. The minimum absolute atomic E-state index is 0.243. The maximum atomic E-state index is 8.76. The molecule has 0 spiro atoms. The Morgan fingerprint density at radius 2 is 2.00 bits per heavy atom. The van der Waals surface area contributed by atoms with Crippen molar-refractivity contribution in [3.05, 3.63) is 34.9 Å². The first kappa shape index (κ1) is 13.5. The monoisotopic (exact) mass is 241 g/mol. The lowest BCUT2D eigenvalue weighted by atomic mass is 10.0. The van der Waals surface area contributed by atoms with E-state index in [0.717, 1.165) is 30.8 Å². The van der Waals surface area contributed by atoms with Crippen LogP contribution >= 0.6 is 11.6 Å². The van der Waals surface area contributed by atoms with Crippen molar-refractivity contribution in [2.75, 3.05) is 13.2 Å². The summed E-state index contributed by atoms with van der Waals surface area (Å²) in [6.45, 7) is 3.27. The van der Waals surface area contributed by atoms with E-state index in [1.807, 2.05) is 12.1 Å². The molecule has 1 atom stereocenters. The van der Waals surface area contributed by atoms with Crippen LogP contribution in [-0.2, 0) is 0 Å². The third kappa shape index (κ3) is 4.52. The third-order valence-corrected chi connectivity index (χ3v) is 2.83. The first-order chi connectivity index (χ1) is 7.77. The van der Waals surface area contributed by atoms with Crippen molar-refractivity contribution in [3.8, 4) is 0 Å². The van der Waals surface area contributed by atoms with Gasteiger partial charge in [0.2, 0.25) is 0 Å². The van der Waals surface area contributed by atoms with Crippen LogP contribution in [0.2, 0.25) is 5.02 Å². The zero-order valence-corrected chi connectivity index (χ0v) is 10.5. The van der Waals surface area contributed by atoms with Crippen molar-refractivity contribution in [2.24, 2.45) is 0 Å². The van der Waals surface area contributed by atoms with Gasteiger partial charge in [-0.05, 0) is 37.1 Å². The molecule has 0 saturated carbocycles. The lowest BCUT2D eigenvalue weighted by Gasteiger charge is -2.18. The molecule has 90 valence electrons. The number of benzene rings is 1. The van der Waals surface area contributed by atoms with E-state index in [1.165, 1.54) is 5.56 Å². The Morgan fingerprint density at radius 3 is 2.56 bits per heavy atom. The summed E-state index contributed by atoms with van der Waals surface area (Å²) in [4.78, 5) is 0. The highest BCUT2D eigenvalue weighted by molar-refractivity contribution is 6.30. The largest absolute Gasteiger partial charge is 0.396 e. The van der Waals surface area contributed by atoms with Crippen molar-refractivity contribution in [2.45, 2.75) is 32.2 Å². The molecule has 0 amide bonds. The lowest BCUT2D eigenvalue weighted by Crippen LogP contribution is -2.23. The molecule has 1 rings (SSSR count). The van der Waals surface area contributed by atoms with Gasteiger partial charge in [0.25, 0.3) is 0 Å². The van der Waals surface area contributed by atoms with E-state index in [0.29, 0.717) is 6.04 Å². The van der Waals surface area contributed by atoms with Crippen LogP contribution < -0.4 is 5.32 Å². The Balaban J connectivity index is 2.57. The highest BCUT2D eigenvalue weighted by atomic mass is 35.5. The van der Waals surface area contributed by atoms with Gasteiger partial charge in [-0.2, -0.15) is 0 Å². The fourth-order valence-electron chi connectivity index (χ4n) is 1.73. The Bertz CT molecular complexity index is 286. The lowest BCUT2D eigenvalue weighted by molar-refractivity contribution is 0.282. The molecule has 2 N–H and O–H groups in total. The summed E-state index contributed by atoms with van der Waals surface area (Å²) in [6.07, 6.45) is 3.04. The Hall–Kier alpha value is -0.570. The molecule has 0 bridgehead atoms. The zero-order valence-electron chi connectivity index (χ0n) is 9.75. The topological polar surface area (TPSA) is 32.3 Å². The zero-order chi connectivity index (χ0) is 11.8. The van der Waals surface area contributed by atoms with Crippen molar-refractivity contribution in [1.29, 1.82) is 0 Å². The van der Waals surface area contributed by atoms with Crippen molar-refractivity contribution in [1.82, 2.24) is 5.32 Å². The van der Waals surface area contributed by atoms with E-state index in [4.69, 9.17) is 16.7 Å². The molecule has 1 aromatic carbocycles. The van der Waals surface area contributed by atoms with Gasteiger partial charge in [0.15, 0.2) is 0 Å². The molecule has 0 saturated heterocycles. The smallest absolute Gasteiger partial charge is 0.0443 e.